The first kappa shape index (κ1) is 8.49. The van der Waals surface area contributed by atoms with Gasteiger partial charge in [-0.2, -0.15) is 0 Å². The molecule has 0 aromatic heterocycles. The van der Waals surface area contributed by atoms with Gasteiger partial charge in [0.15, 0.2) is 6.29 Å². The third-order valence-electron chi connectivity index (χ3n) is 1.85. The number of hydrogen-bond acceptors (Lipinski definition) is 3. The van der Waals surface area contributed by atoms with Crippen LogP contribution in [0, 0.1) is 5.92 Å². The molecular weight excluding hydrogens is 148 g/mol. The summed E-state index contributed by atoms with van der Waals surface area (Å²) in [5.74, 6) is -1.12. The van der Waals surface area contributed by atoms with Crippen molar-refractivity contribution < 1.29 is 19.4 Å². The van der Waals surface area contributed by atoms with Gasteiger partial charge in [0.2, 0.25) is 0 Å². The smallest absolute Gasteiger partial charge is 0.308 e. The molecule has 0 bridgehead atoms. The van der Waals surface area contributed by atoms with Crippen LogP contribution in [-0.4, -0.2) is 31.1 Å². The van der Waals surface area contributed by atoms with Gasteiger partial charge in [-0.25, -0.2) is 0 Å². The van der Waals surface area contributed by atoms with Crippen molar-refractivity contribution in [2.24, 2.45) is 5.92 Å². The Labute approximate surface area is 65.1 Å². The van der Waals surface area contributed by atoms with Crippen LogP contribution < -0.4 is 0 Å². The number of carboxylic acids is 1. The predicted octanol–water partition coefficient (Wildman–Crippen LogP) is 0.470. The Morgan fingerprint density at radius 1 is 1.64 bits per heavy atom. The quantitative estimate of drug-likeness (QED) is 0.638. The van der Waals surface area contributed by atoms with Crippen LogP contribution in [0.5, 0.6) is 0 Å². The van der Waals surface area contributed by atoms with E-state index in [1.165, 1.54) is 0 Å². The molecule has 4 heteroatoms. The molecule has 0 aromatic rings. The van der Waals surface area contributed by atoms with Gasteiger partial charge in [-0.05, 0) is 12.8 Å². The Bertz CT molecular complexity index is 137. The molecule has 1 heterocycles. The molecule has 0 spiro atoms. The van der Waals surface area contributed by atoms with Crippen LogP contribution >= 0.6 is 0 Å². The lowest BCUT2D eigenvalue weighted by Gasteiger charge is -2.25. The fourth-order valence-corrected chi connectivity index (χ4v) is 1.11. The minimum absolute atomic E-state index is 0.203. The number of methoxy groups -OCH3 is 1. The number of hydrogen-bond donors (Lipinski definition) is 1. The fraction of sp³-hybridized carbons (Fsp3) is 0.857. The Kier molecular flexibility index (Phi) is 2.84. The summed E-state index contributed by atoms with van der Waals surface area (Å²) in [6, 6.07) is 0. The summed E-state index contributed by atoms with van der Waals surface area (Å²) in [6.45, 7) is 0.272. The molecule has 2 unspecified atom stereocenters. The molecule has 0 saturated carbocycles. The van der Waals surface area contributed by atoms with E-state index in [9.17, 15) is 4.79 Å². The molecule has 64 valence electrons. The summed E-state index contributed by atoms with van der Waals surface area (Å²) < 4.78 is 10.0. The number of aliphatic carboxylic acids is 1. The van der Waals surface area contributed by atoms with Crippen LogP contribution in [0.1, 0.15) is 12.8 Å². The molecule has 1 N–H and O–H groups in total. The van der Waals surface area contributed by atoms with Crippen molar-refractivity contribution in [2.45, 2.75) is 19.1 Å². The number of ether oxygens (including phenoxy) is 2. The van der Waals surface area contributed by atoms with Crippen molar-refractivity contribution in [3.8, 4) is 0 Å². The van der Waals surface area contributed by atoms with Gasteiger partial charge in [-0.15, -0.1) is 0 Å². The third-order valence-corrected chi connectivity index (χ3v) is 1.85. The molecular formula is C7H12O4. The molecule has 0 amide bonds. The van der Waals surface area contributed by atoms with E-state index in [0.29, 0.717) is 12.8 Å². The van der Waals surface area contributed by atoms with Gasteiger partial charge in [-0.3, -0.25) is 4.79 Å². The first-order chi connectivity index (χ1) is 5.24. The molecule has 1 rings (SSSR count). The molecule has 4 nitrogen and oxygen atoms in total. The summed E-state index contributed by atoms with van der Waals surface area (Å²) in [6.07, 6.45) is 1.12. The molecule has 1 fully saturated rings. The van der Waals surface area contributed by atoms with Gasteiger partial charge in [0.25, 0.3) is 0 Å². The average Bonchev–Trinajstić information content (AvgIpc) is 2.05. The average molecular weight is 160 g/mol. The van der Waals surface area contributed by atoms with Gasteiger partial charge in [0.05, 0.1) is 12.5 Å². The van der Waals surface area contributed by atoms with Crippen LogP contribution in [0.15, 0.2) is 0 Å². The molecule has 0 aromatic carbocycles. The highest BCUT2D eigenvalue weighted by atomic mass is 16.7. The summed E-state index contributed by atoms with van der Waals surface area (Å²) in [4.78, 5) is 10.4. The molecule has 1 saturated heterocycles. The van der Waals surface area contributed by atoms with E-state index in [0.717, 1.165) is 0 Å². The Balaban J connectivity index is 2.30. The number of rotatable bonds is 2. The van der Waals surface area contributed by atoms with Crippen molar-refractivity contribution in [3.63, 3.8) is 0 Å². The van der Waals surface area contributed by atoms with Crippen molar-refractivity contribution in [1.29, 1.82) is 0 Å². The van der Waals surface area contributed by atoms with Gasteiger partial charge < -0.3 is 14.6 Å². The Hall–Kier alpha value is -0.610. The van der Waals surface area contributed by atoms with Crippen LogP contribution in [-0.2, 0) is 14.3 Å². The maximum Gasteiger partial charge on any atom is 0.308 e. The lowest BCUT2D eigenvalue weighted by Crippen LogP contribution is -2.31. The minimum Gasteiger partial charge on any atom is -0.481 e. The second-order valence-electron chi connectivity index (χ2n) is 2.61. The monoisotopic (exact) mass is 160 g/mol. The van der Waals surface area contributed by atoms with Crippen LogP contribution in [0.4, 0.5) is 0 Å². The van der Waals surface area contributed by atoms with Gasteiger partial charge in [0, 0.05) is 7.11 Å². The normalized spacial score (nSPS) is 31.7. The highest BCUT2D eigenvalue weighted by molar-refractivity contribution is 5.70. The largest absolute Gasteiger partial charge is 0.481 e. The fourth-order valence-electron chi connectivity index (χ4n) is 1.11. The van der Waals surface area contributed by atoms with Crippen LogP contribution in [0.3, 0.4) is 0 Å². The van der Waals surface area contributed by atoms with Crippen molar-refractivity contribution in [2.75, 3.05) is 13.7 Å². The van der Waals surface area contributed by atoms with Gasteiger partial charge in [0.1, 0.15) is 0 Å². The van der Waals surface area contributed by atoms with E-state index in [-0.39, 0.29) is 18.8 Å². The SMILES string of the molecule is COC1CCC(C(=O)O)CO1. The van der Waals surface area contributed by atoms with E-state index in [4.69, 9.17) is 14.6 Å². The molecule has 1 aliphatic heterocycles. The topological polar surface area (TPSA) is 55.8 Å². The third kappa shape index (κ3) is 2.17. The van der Waals surface area contributed by atoms with E-state index >= 15 is 0 Å². The van der Waals surface area contributed by atoms with E-state index < -0.39 is 5.97 Å². The Morgan fingerprint density at radius 2 is 2.36 bits per heavy atom. The van der Waals surface area contributed by atoms with E-state index in [1.807, 2.05) is 0 Å². The maximum absolute atomic E-state index is 10.4. The van der Waals surface area contributed by atoms with Crippen molar-refractivity contribution in [3.05, 3.63) is 0 Å². The predicted molar refractivity (Wildman–Crippen MR) is 37.1 cm³/mol. The first-order valence-electron chi connectivity index (χ1n) is 3.61. The second-order valence-corrected chi connectivity index (χ2v) is 2.61. The summed E-state index contributed by atoms with van der Waals surface area (Å²) in [5.41, 5.74) is 0. The van der Waals surface area contributed by atoms with Gasteiger partial charge >= 0.3 is 5.97 Å². The zero-order valence-corrected chi connectivity index (χ0v) is 6.45. The number of carbonyl (C=O) groups is 1. The van der Waals surface area contributed by atoms with Crippen LogP contribution in [0.25, 0.3) is 0 Å². The standard InChI is InChI=1S/C7H12O4/c1-10-6-3-2-5(4-11-6)7(8)9/h5-6H,2-4H2,1H3,(H,8,9). The number of carboxylic acid groups (broad SMARTS) is 1. The highest BCUT2D eigenvalue weighted by Gasteiger charge is 2.25. The zero-order valence-electron chi connectivity index (χ0n) is 6.45. The minimum atomic E-state index is -0.778. The molecule has 0 radical (unpaired) electrons. The van der Waals surface area contributed by atoms with E-state index in [2.05, 4.69) is 0 Å². The molecule has 11 heavy (non-hydrogen) atoms. The summed E-state index contributed by atoms with van der Waals surface area (Å²) in [7, 11) is 1.56. The summed E-state index contributed by atoms with van der Waals surface area (Å²) in [5, 5.41) is 8.58. The summed E-state index contributed by atoms with van der Waals surface area (Å²) >= 11 is 0. The Morgan fingerprint density at radius 3 is 2.73 bits per heavy atom. The van der Waals surface area contributed by atoms with Crippen molar-refractivity contribution >= 4 is 5.97 Å². The molecule has 0 aliphatic carbocycles. The lowest BCUT2D eigenvalue weighted by atomic mass is 10.0. The lowest BCUT2D eigenvalue weighted by molar-refractivity contribution is -0.174. The van der Waals surface area contributed by atoms with Crippen molar-refractivity contribution in [1.82, 2.24) is 0 Å². The van der Waals surface area contributed by atoms with Gasteiger partial charge in [-0.1, -0.05) is 0 Å². The maximum atomic E-state index is 10.4. The van der Waals surface area contributed by atoms with E-state index in [1.54, 1.807) is 7.11 Å². The second kappa shape index (κ2) is 3.69. The molecule has 1 aliphatic rings. The zero-order chi connectivity index (χ0) is 8.27. The van der Waals surface area contributed by atoms with Crippen LogP contribution in [0.2, 0.25) is 0 Å². The highest BCUT2D eigenvalue weighted by Crippen LogP contribution is 2.18. The first-order valence-corrected chi connectivity index (χ1v) is 3.61. The molecule has 2 atom stereocenters.